The molecule has 0 aliphatic carbocycles. The smallest absolute Gasteiger partial charge is 0.416 e. The predicted octanol–water partition coefficient (Wildman–Crippen LogP) is 3.24. The second-order valence-electron chi connectivity index (χ2n) is 5.37. The molecule has 0 spiro atoms. The molecule has 0 saturated heterocycles. The van der Waals surface area contributed by atoms with E-state index < -0.39 is 5.60 Å². The number of rotatable bonds is 0. The molecule has 0 radical (unpaired) electrons. The van der Waals surface area contributed by atoms with Gasteiger partial charge in [-0.05, 0) is 39.8 Å². The molecule has 4 nitrogen and oxygen atoms in total. The summed E-state index contributed by atoms with van der Waals surface area (Å²) in [6.07, 6.45) is 5.27. The van der Waals surface area contributed by atoms with Crippen LogP contribution in [0.15, 0.2) is 24.4 Å². The summed E-state index contributed by atoms with van der Waals surface area (Å²) in [6, 6.07) is 3.73. The molecule has 1 aliphatic heterocycles. The molecule has 0 saturated carbocycles. The Kier molecular flexibility index (Phi) is 3.11. The lowest BCUT2D eigenvalue weighted by atomic mass is 10.1. The normalized spacial score (nSPS) is 18.4. The molecule has 1 amide bonds. The van der Waals surface area contributed by atoms with Crippen LogP contribution >= 0.6 is 0 Å². The molecule has 2 heterocycles. The zero-order chi connectivity index (χ0) is 13.3. The number of anilines is 1. The minimum absolute atomic E-state index is 0.0535. The maximum absolute atomic E-state index is 12.2. The Labute approximate surface area is 107 Å². The summed E-state index contributed by atoms with van der Waals surface area (Å²) in [5, 5.41) is 0. The lowest BCUT2D eigenvalue weighted by molar-refractivity contribution is 0.0572. The quantitative estimate of drug-likeness (QED) is 0.705. The van der Waals surface area contributed by atoms with Crippen LogP contribution in [0.5, 0.6) is 0 Å². The molecule has 0 fully saturated rings. The van der Waals surface area contributed by atoms with Gasteiger partial charge in [0, 0.05) is 11.8 Å². The molecule has 0 N–H and O–H groups in total. The van der Waals surface area contributed by atoms with Crippen LogP contribution in [0.2, 0.25) is 0 Å². The molecule has 1 atom stereocenters. The van der Waals surface area contributed by atoms with Gasteiger partial charge in [-0.2, -0.15) is 0 Å². The van der Waals surface area contributed by atoms with Gasteiger partial charge in [0.15, 0.2) is 0 Å². The van der Waals surface area contributed by atoms with Crippen molar-refractivity contribution in [1.29, 1.82) is 0 Å². The molecule has 2 rings (SSSR count). The SMILES string of the molecule is CC1C=Cc2cccnc2N1C(=O)OC(C)(C)C. The molecule has 1 aliphatic rings. The van der Waals surface area contributed by atoms with Gasteiger partial charge in [-0.3, -0.25) is 4.90 Å². The first-order chi connectivity index (χ1) is 8.38. The molecule has 0 aromatic carbocycles. The van der Waals surface area contributed by atoms with Crippen molar-refractivity contribution < 1.29 is 9.53 Å². The van der Waals surface area contributed by atoms with Gasteiger partial charge < -0.3 is 4.74 Å². The van der Waals surface area contributed by atoms with E-state index in [2.05, 4.69) is 4.98 Å². The van der Waals surface area contributed by atoms with Gasteiger partial charge in [0.1, 0.15) is 11.4 Å². The highest BCUT2D eigenvalue weighted by Gasteiger charge is 2.30. The number of hydrogen-bond acceptors (Lipinski definition) is 3. The van der Waals surface area contributed by atoms with Crippen LogP contribution in [-0.2, 0) is 4.74 Å². The van der Waals surface area contributed by atoms with Crippen molar-refractivity contribution in [1.82, 2.24) is 4.98 Å². The van der Waals surface area contributed by atoms with Gasteiger partial charge in [-0.1, -0.05) is 12.2 Å². The number of hydrogen-bond donors (Lipinski definition) is 0. The molecular weight excluding hydrogens is 228 g/mol. The zero-order valence-corrected chi connectivity index (χ0v) is 11.2. The summed E-state index contributed by atoms with van der Waals surface area (Å²) in [5.41, 5.74) is 0.425. The van der Waals surface area contributed by atoms with Crippen molar-refractivity contribution in [3.63, 3.8) is 0 Å². The number of ether oxygens (including phenoxy) is 1. The van der Waals surface area contributed by atoms with E-state index in [1.165, 1.54) is 0 Å². The Morgan fingerprint density at radius 1 is 1.44 bits per heavy atom. The van der Waals surface area contributed by atoms with Crippen LogP contribution in [0.4, 0.5) is 10.6 Å². The van der Waals surface area contributed by atoms with E-state index in [9.17, 15) is 4.79 Å². The zero-order valence-electron chi connectivity index (χ0n) is 11.2. The van der Waals surface area contributed by atoms with Gasteiger partial charge in [-0.15, -0.1) is 0 Å². The molecule has 1 unspecified atom stereocenters. The van der Waals surface area contributed by atoms with Gasteiger partial charge >= 0.3 is 6.09 Å². The summed E-state index contributed by atoms with van der Waals surface area (Å²) >= 11 is 0. The van der Waals surface area contributed by atoms with E-state index >= 15 is 0 Å². The third-order valence-electron chi connectivity index (χ3n) is 2.60. The number of carbonyl (C=O) groups excluding carboxylic acids is 1. The van der Waals surface area contributed by atoms with Gasteiger partial charge in [0.2, 0.25) is 0 Å². The first-order valence-corrected chi connectivity index (χ1v) is 6.04. The standard InChI is InChI=1S/C14H18N2O2/c1-10-7-8-11-6-5-9-15-12(11)16(10)13(17)18-14(2,3)4/h5-10H,1-4H3. The van der Waals surface area contributed by atoms with E-state index in [-0.39, 0.29) is 12.1 Å². The van der Waals surface area contributed by atoms with Gasteiger partial charge in [-0.25, -0.2) is 9.78 Å². The second-order valence-corrected chi connectivity index (χ2v) is 5.37. The Morgan fingerprint density at radius 2 is 2.17 bits per heavy atom. The Hall–Kier alpha value is -1.84. The first kappa shape index (κ1) is 12.6. The summed E-state index contributed by atoms with van der Waals surface area (Å²) in [6.45, 7) is 7.51. The van der Waals surface area contributed by atoms with Crippen molar-refractivity contribution in [3.05, 3.63) is 30.0 Å². The lowest BCUT2D eigenvalue weighted by Crippen LogP contribution is -2.43. The molecule has 4 heteroatoms. The Bertz CT molecular complexity index is 489. The first-order valence-electron chi connectivity index (χ1n) is 6.04. The minimum Gasteiger partial charge on any atom is -0.443 e. The summed E-state index contributed by atoms with van der Waals surface area (Å²) in [7, 11) is 0. The highest BCUT2D eigenvalue weighted by atomic mass is 16.6. The van der Waals surface area contributed by atoms with Crippen molar-refractivity contribution in [2.75, 3.05) is 4.90 Å². The number of carbonyl (C=O) groups is 1. The molecule has 0 bridgehead atoms. The molecule has 96 valence electrons. The second kappa shape index (κ2) is 4.44. The average Bonchev–Trinajstić information content (AvgIpc) is 2.26. The monoisotopic (exact) mass is 246 g/mol. The number of pyridine rings is 1. The summed E-state index contributed by atoms with van der Waals surface area (Å²) < 4.78 is 5.42. The Balaban J connectivity index is 2.32. The van der Waals surface area contributed by atoms with Gasteiger partial charge in [0.05, 0.1) is 6.04 Å². The third-order valence-corrected chi connectivity index (χ3v) is 2.60. The number of amides is 1. The van der Waals surface area contributed by atoms with E-state index in [0.29, 0.717) is 5.82 Å². The number of fused-ring (bicyclic) bond motifs is 1. The fraction of sp³-hybridized carbons (Fsp3) is 0.429. The van der Waals surface area contributed by atoms with Crippen molar-refractivity contribution in [2.45, 2.75) is 39.3 Å². The predicted molar refractivity (Wildman–Crippen MR) is 71.4 cm³/mol. The maximum Gasteiger partial charge on any atom is 0.416 e. The van der Waals surface area contributed by atoms with E-state index in [1.54, 1.807) is 11.1 Å². The van der Waals surface area contributed by atoms with Crippen LogP contribution < -0.4 is 4.90 Å². The Morgan fingerprint density at radius 3 is 2.83 bits per heavy atom. The summed E-state index contributed by atoms with van der Waals surface area (Å²) in [5.74, 6) is 0.654. The van der Waals surface area contributed by atoms with Crippen molar-refractivity contribution in [3.8, 4) is 0 Å². The minimum atomic E-state index is -0.507. The van der Waals surface area contributed by atoms with E-state index in [0.717, 1.165) is 5.56 Å². The van der Waals surface area contributed by atoms with Crippen molar-refractivity contribution in [2.24, 2.45) is 0 Å². The summed E-state index contributed by atoms with van der Waals surface area (Å²) in [4.78, 5) is 18.1. The lowest BCUT2D eigenvalue weighted by Gasteiger charge is -2.32. The van der Waals surface area contributed by atoms with Crippen LogP contribution in [-0.4, -0.2) is 22.7 Å². The van der Waals surface area contributed by atoms with Crippen molar-refractivity contribution >= 4 is 18.0 Å². The largest absolute Gasteiger partial charge is 0.443 e. The van der Waals surface area contributed by atoms with E-state index in [1.807, 2.05) is 52.0 Å². The highest BCUT2D eigenvalue weighted by molar-refractivity contribution is 5.92. The van der Waals surface area contributed by atoms with Crippen LogP contribution in [0.1, 0.15) is 33.3 Å². The van der Waals surface area contributed by atoms with E-state index in [4.69, 9.17) is 4.74 Å². The highest BCUT2D eigenvalue weighted by Crippen LogP contribution is 2.27. The van der Waals surface area contributed by atoms with Gasteiger partial charge in [0.25, 0.3) is 0 Å². The molecule has 1 aromatic heterocycles. The topological polar surface area (TPSA) is 42.4 Å². The molecule has 18 heavy (non-hydrogen) atoms. The number of aromatic nitrogens is 1. The third kappa shape index (κ3) is 2.53. The average molecular weight is 246 g/mol. The fourth-order valence-electron chi connectivity index (χ4n) is 1.83. The molecule has 1 aromatic rings. The molecular formula is C14H18N2O2. The number of nitrogens with zero attached hydrogens (tertiary/aromatic N) is 2. The van der Waals surface area contributed by atoms with Crippen LogP contribution in [0.25, 0.3) is 6.08 Å². The van der Waals surface area contributed by atoms with Crippen LogP contribution in [0.3, 0.4) is 0 Å². The van der Waals surface area contributed by atoms with Crippen LogP contribution in [0, 0.1) is 0 Å². The fourth-order valence-corrected chi connectivity index (χ4v) is 1.83. The maximum atomic E-state index is 12.2.